The molecule has 0 saturated heterocycles. The second-order valence-electron chi connectivity index (χ2n) is 6.93. The minimum absolute atomic E-state index is 0.0116. The van der Waals surface area contributed by atoms with Gasteiger partial charge in [-0.05, 0) is 18.4 Å². The summed E-state index contributed by atoms with van der Waals surface area (Å²) in [6, 6.07) is 8.09. The fourth-order valence-electron chi connectivity index (χ4n) is 3.55. The summed E-state index contributed by atoms with van der Waals surface area (Å²) in [5.74, 6) is -0.957. The Balaban J connectivity index is 1.93. The number of aliphatic carboxylic acids is 1. The monoisotopic (exact) mass is 409 g/mol. The van der Waals surface area contributed by atoms with E-state index in [0.717, 1.165) is 15.0 Å². The van der Waals surface area contributed by atoms with Crippen molar-refractivity contribution >= 4 is 17.7 Å². The van der Waals surface area contributed by atoms with Crippen molar-refractivity contribution in [3.63, 3.8) is 0 Å². The van der Waals surface area contributed by atoms with E-state index in [0.29, 0.717) is 12.2 Å². The Bertz CT molecular complexity index is 1020. The molecule has 2 atom stereocenters. The predicted molar refractivity (Wildman–Crippen MR) is 112 cm³/mol. The first kappa shape index (κ1) is 21.0. The molecule has 1 aromatic heterocycles. The van der Waals surface area contributed by atoms with E-state index in [2.05, 4.69) is 18.1 Å². The van der Waals surface area contributed by atoms with Gasteiger partial charge in [0.2, 0.25) is 0 Å². The van der Waals surface area contributed by atoms with Crippen LogP contribution in [0.2, 0.25) is 0 Å². The van der Waals surface area contributed by atoms with E-state index in [1.807, 2.05) is 30.3 Å². The molecule has 0 spiro atoms. The number of carboxylic acids is 1. The van der Waals surface area contributed by atoms with Gasteiger partial charge in [0.25, 0.3) is 5.56 Å². The molecule has 8 heteroatoms. The summed E-state index contributed by atoms with van der Waals surface area (Å²) in [4.78, 5) is 43.0. The molecule has 2 aromatic rings. The Kier molecular flexibility index (Phi) is 6.46. The Morgan fingerprint density at radius 3 is 2.63 bits per heavy atom. The molecule has 1 N–H and O–H groups in total. The average Bonchev–Trinajstić information content (AvgIpc) is 3.12. The highest BCUT2D eigenvalue weighted by Gasteiger charge is 2.38. The van der Waals surface area contributed by atoms with E-state index in [9.17, 15) is 19.5 Å². The first-order valence-corrected chi connectivity index (χ1v) is 9.52. The lowest BCUT2D eigenvalue weighted by atomic mass is 10.0. The molecule has 156 valence electrons. The number of fused-ring (bicyclic) bond motifs is 1. The first-order chi connectivity index (χ1) is 14.5. The zero-order chi connectivity index (χ0) is 21.7. The Morgan fingerprint density at radius 1 is 1.27 bits per heavy atom. The second-order valence-corrected chi connectivity index (χ2v) is 6.93. The molecular weight excluding hydrogens is 386 g/mol. The van der Waals surface area contributed by atoms with Crippen LogP contribution in [0.25, 0.3) is 0 Å². The number of nitrogens with zero attached hydrogens (tertiary/aromatic N) is 3. The van der Waals surface area contributed by atoms with Crippen LogP contribution in [-0.4, -0.2) is 33.3 Å². The molecule has 8 nitrogen and oxygen atoms in total. The van der Waals surface area contributed by atoms with Crippen molar-refractivity contribution in [3.05, 3.63) is 83.6 Å². The summed E-state index contributed by atoms with van der Waals surface area (Å²) >= 11 is 0. The number of carbonyl (C=O) groups is 2. The minimum atomic E-state index is -1.12. The molecule has 3 rings (SSSR count). The molecule has 1 aliphatic heterocycles. The number of amides is 1. The zero-order valence-corrected chi connectivity index (χ0v) is 16.4. The van der Waals surface area contributed by atoms with Crippen LogP contribution in [0, 0.1) is 0 Å². The van der Waals surface area contributed by atoms with Crippen molar-refractivity contribution in [1.29, 1.82) is 0 Å². The Morgan fingerprint density at radius 2 is 2.00 bits per heavy atom. The molecule has 30 heavy (non-hydrogen) atoms. The van der Waals surface area contributed by atoms with E-state index >= 15 is 0 Å². The third-order valence-electron chi connectivity index (χ3n) is 4.95. The van der Waals surface area contributed by atoms with Crippen LogP contribution >= 0.6 is 0 Å². The molecule has 1 aromatic carbocycles. The van der Waals surface area contributed by atoms with E-state index in [-0.39, 0.29) is 31.2 Å². The van der Waals surface area contributed by atoms with Gasteiger partial charge in [0.1, 0.15) is 24.2 Å². The number of anilines is 1. The normalized spacial score (nSPS) is 17.1. The van der Waals surface area contributed by atoms with Crippen molar-refractivity contribution < 1.29 is 19.4 Å². The van der Waals surface area contributed by atoms with Gasteiger partial charge in [-0.25, -0.2) is 14.6 Å². The lowest BCUT2D eigenvalue weighted by Crippen LogP contribution is -2.39. The number of hydrogen-bond acceptors (Lipinski definition) is 5. The van der Waals surface area contributed by atoms with Gasteiger partial charge in [-0.2, -0.15) is 0 Å². The molecule has 2 unspecified atom stereocenters. The standard InChI is InChI=1S/C22H23N3O5/c1-3-8-16-12-17(21(27)28)25-19(16)23-13-18(20(25)26)24(11-4-2)22(29)30-14-15-9-6-5-7-10-15/h3-7,9-10,13,16-17H,1-2,8,11-12,14H2,(H,27,28). The largest absolute Gasteiger partial charge is 0.480 e. The number of ether oxygens (including phenoxy) is 1. The van der Waals surface area contributed by atoms with Crippen LogP contribution in [0.15, 0.2) is 66.6 Å². The highest BCUT2D eigenvalue weighted by Crippen LogP contribution is 2.36. The topological polar surface area (TPSA) is 102 Å². The van der Waals surface area contributed by atoms with Crippen LogP contribution < -0.4 is 10.5 Å². The van der Waals surface area contributed by atoms with Crippen LogP contribution in [0.3, 0.4) is 0 Å². The number of rotatable bonds is 8. The predicted octanol–water partition coefficient (Wildman–Crippen LogP) is 3.26. The van der Waals surface area contributed by atoms with Gasteiger partial charge < -0.3 is 9.84 Å². The maximum absolute atomic E-state index is 13.2. The molecule has 0 saturated carbocycles. The van der Waals surface area contributed by atoms with E-state index < -0.39 is 23.7 Å². The van der Waals surface area contributed by atoms with E-state index in [1.165, 1.54) is 12.3 Å². The second kappa shape index (κ2) is 9.21. The van der Waals surface area contributed by atoms with E-state index in [1.54, 1.807) is 6.08 Å². The quantitative estimate of drug-likeness (QED) is 0.672. The number of aromatic nitrogens is 2. The van der Waals surface area contributed by atoms with Crippen molar-refractivity contribution in [3.8, 4) is 0 Å². The van der Waals surface area contributed by atoms with Gasteiger partial charge >= 0.3 is 12.1 Å². The maximum atomic E-state index is 13.2. The van der Waals surface area contributed by atoms with Crippen LogP contribution in [-0.2, 0) is 16.1 Å². The smallest absolute Gasteiger partial charge is 0.415 e. The summed E-state index contributed by atoms with van der Waals surface area (Å²) in [7, 11) is 0. The minimum Gasteiger partial charge on any atom is -0.480 e. The number of hydrogen-bond donors (Lipinski definition) is 1. The van der Waals surface area contributed by atoms with Gasteiger partial charge in [-0.3, -0.25) is 14.3 Å². The maximum Gasteiger partial charge on any atom is 0.415 e. The Labute approximate surface area is 173 Å². The summed E-state index contributed by atoms with van der Waals surface area (Å²) in [6.45, 7) is 7.36. The molecule has 0 aliphatic carbocycles. The molecule has 1 amide bonds. The van der Waals surface area contributed by atoms with Gasteiger partial charge in [-0.15, -0.1) is 13.2 Å². The van der Waals surface area contributed by atoms with Gasteiger partial charge in [0, 0.05) is 12.5 Å². The number of allylic oxidation sites excluding steroid dienone is 1. The molecule has 0 bridgehead atoms. The fraction of sp³-hybridized carbons (Fsp3) is 0.273. The van der Waals surface area contributed by atoms with Gasteiger partial charge in [0.15, 0.2) is 0 Å². The summed E-state index contributed by atoms with van der Waals surface area (Å²) < 4.78 is 6.50. The third kappa shape index (κ3) is 4.17. The summed E-state index contributed by atoms with van der Waals surface area (Å²) in [5, 5.41) is 9.59. The summed E-state index contributed by atoms with van der Waals surface area (Å²) in [6.07, 6.45) is 4.42. The molecule has 2 heterocycles. The fourth-order valence-corrected chi connectivity index (χ4v) is 3.55. The molecule has 1 aliphatic rings. The van der Waals surface area contributed by atoms with Crippen molar-refractivity contribution in [2.45, 2.75) is 31.4 Å². The first-order valence-electron chi connectivity index (χ1n) is 9.52. The van der Waals surface area contributed by atoms with Crippen LogP contribution in [0.1, 0.15) is 36.2 Å². The van der Waals surface area contributed by atoms with E-state index in [4.69, 9.17) is 4.74 Å². The average molecular weight is 409 g/mol. The van der Waals surface area contributed by atoms with Crippen LogP contribution in [0.5, 0.6) is 0 Å². The van der Waals surface area contributed by atoms with Gasteiger partial charge in [0.05, 0.1) is 6.20 Å². The number of benzene rings is 1. The SMILES string of the molecule is C=CCC1CC(C(=O)O)n2c1ncc(N(CC=C)C(=O)OCc1ccccc1)c2=O. The van der Waals surface area contributed by atoms with Crippen LogP contribution in [0.4, 0.5) is 10.5 Å². The molecular formula is C22H23N3O5. The molecule has 0 radical (unpaired) electrons. The highest BCUT2D eigenvalue weighted by molar-refractivity contribution is 5.87. The molecule has 0 fully saturated rings. The highest BCUT2D eigenvalue weighted by atomic mass is 16.6. The zero-order valence-electron chi connectivity index (χ0n) is 16.4. The third-order valence-corrected chi connectivity index (χ3v) is 4.95. The Hall–Kier alpha value is -3.68. The number of carbonyl (C=O) groups excluding carboxylic acids is 1. The lowest BCUT2D eigenvalue weighted by molar-refractivity contribution is -0.140. The lowest BCUT2D eigenvalue weighted by Gasteiger charge is -2.21. The van der Waals surface area contributed by atoms with Crippen molar-refractivity contribution in [2.24, 2.45) is 0 Å². The van der Waals surface area contributed by atoms with Gasteiger partial charge in [-0.1, -0.05) is 42.5 Å². The summed E-state index contributed by atoms with van der Waals surface area (Å²) in [5.41, 5.74) is 0.145. The van der Waals surface area contributed by atoms with Crippen molar-refractivity contribution in [1.82, 2.24) is 9.55 Å². The van der Waals surface area contributed by atoms with Crippen molar-refractivity contribution in [2.75, 3.05) is 11.4 Å². The number of carboxylic acid groups (broad SMARTS) is 1.